The number of carbonyl (C=O) groups excluding carboxylic acids is 2. The van der Waals surface area contributed by atoms with Crippen molar-refractivity contribution >= 4 is 11.8 Å². The molecular weight excluding hydrogens is 396 g/mol. The number of amides is 2. The van der Waals surface area contributed by atoms with Gasteiger partial charge in [-0.3, -0.25) is 9.59 Å². The first-order valence-corrected chi connectivity index (χ1v) is 10.3. The molecule has 1 aromatic heterocycles. The van der Waals surface area contributed by atoms with E-state index in [0.717, 1.165) is 17.0 Å². The van der Waals surface area contributed by atoms with Gasteiger partial charge in [-0.1, -0.05) is 24.3 Å². The van der Waals surface area contributed by atoms with Gasteiger partial charge >= 0.3 is 0 Å². The first-order valence-electron chi connectivity index (χ1n) is 10.3. The SMILES string of the molecule is COc1cccc(CN2C[C@@]34C=C[C@@H](O3)C(C(=O)N(C)Cc3ccncn3)C4C2=O)c1. The number of carbonyl (C=O) groups is 2. The number of likely N-dealkylation sites (tertiary alicyclic amines) is 1. The molecular formula is C23H24N4O4. The lowest BCUT2D eigenvalue weighted by molar-refractivity contribution is -0.142. The first-order chi connectivity index (χ1) is 15.0. The standard InChI is InChI=1S/C23H24N4O4/c1-26(12-16-7-9-24-14-25-16)21(28)19-18-6-8-23(31-18)13-27(22(29)20(19)23)11-15-4-3-5-17(10-15)30-2/h3-10,14,18-20H,11-13H2,1-2H3/t18-,19?,20?,23-/m1/s1. The van der Waals surface area contributed by atoms with Crippen LogP contribution in [0.15, 0.2) is 55.0 Å². The van der Waals surface area contributed by atoms with Crippen LogP contribution < -0.4 is 4.74 Å². The Bertz CT molecular complexity index is 1040. The van der Waals surface area contributed by atoms with Crippen LogP contribution in [0.4, 0.5) is 0 Å². The summed E-state index contributed by atoms with van der Waals surface area (Å²) in [7, 11) is 3.36. The maximum Gasteiger partial charge on any atom is 0.230 e. The molecule has 8 heteroatoms. The van der Waals surface area contributed by atoms with Gasteiger partial charge < -0.3 is 19.3 Å². The Morgan fingerprint density at radius 1 is 1.39 bits per heavy atom. The summed E-state index contributed by atoms with van der Waals surface area (Å²) >= 11 is 0. The van der Waals surface area contributed by atoms with Crippen LogP contribution >= 0.6 is 0 Å². The van der Waals surface area contributed by atoms with E-state index in [-0.39, 0.29) is 17.9 Å². The molecule has 5 rings (SSSR count). The lowest BCUT2D eigenvalue weighted by atomic mass is 9.76. The number of hydrogen-bond acceptors (Lipinski definition) is 6. The average molecular weight is 420 g/mol. The third-order valence-corrected chi connectivity index (χ3v) is 6.39. The second-order valence-corrected chi connectivity index (χ2v) is 8.34. The van der Waals surface area contributed by atoms with E-state index >= 15 is 0 Å². The molecule has 2 fully saturated rings. The van der Waals surface area contributed by atoms with Crippen molar-refractivity contribution in [2.24, 2.45) is 11.8 Å². The lowest BCUT2D eigenvalue weighted by Gasteiger charge is -2.27. The van der Waals surface area contributed by atoms with E-state index in [1.807, 2.05) is 36.4 Å². The lowest BCUT2D eigenvalue weighted by Crippen LogP contribution is -2.44. The van der Waals surface area contributed by atoms with E-state index in [1.165, 1.54) is 6.33 Å². The third-order valence-electron chi connectivity index (χ3n) is 6.39. The topological polar surface area (TPSA) is 84.9 Å². The first kappa shape index (κ1) is 19.7. The summed E-state index contributed by atoms with van der Waals surface area (Å²) in [5, 5.41) is 0. The van der Waals surface area contributed by atoms with Gasteiger partial charge in [0.15, 0.2) is 0 Å². The number of nitrogens with zero attached hydrogens (tertiary/aromatic N) is 4. The van der Waals surface area contributed by atoms with Gasteiger partial charge in [-0.15, -0.1) is 0 Å². The van der Waals surface area contributed by atoms with Crippen molar-refractivity contribution in [2.75, 3.05) is 20.7 Å². The highest BCUT2D eigenvalue weighted by atomic mass is 16.5. The normalized spacial score (nSPS) is 28.1. The van der Waals surface area contributed by atoms with E-state index in [9.17, 15) is 9.59 Å². The molecule has 31 heavy (non-hydrogen) atoms. The molecule has 2 saturated heterocycles. The molecule has 3 aliphatic rings. The van der Waals surface area contributed by atoms with Crippen molar-refractivity contribution in [3.63, 3.8) is 0 Å². The van der Waals surface area contributed by atoms with Crippen molar-refractivity contribution in [2.45, 2.75) is 24.8 Å². The highest BCUT2D eigenvalue weighted by molar-refractivity contribution is 5.93. The molecule has 8 nitrogen and oxygen atoms in total. The fourth-order valence-electron chi connectivity index (χ4n) is 4.97. The van der Waals surface area contributed by atoms with Crippen molar-refractivity contribution < 1.29 is 19.1 Å². The minimum atomic E-state index is -0.725. The van der Waals surface area contributed by atoms with Gasteiger partial charge in [-0.25, -0.2) is 9.97 Å². The predicted octanol–water partition coefficient (Wildman–Crippen LogP) is 1.43. The molecule has 4 heterocycles. The maximum atomic E-state index is 13.4. The maximum absolute atomic E-state index is 13.4. The summed E-state index contributed by atoms with van der Waals surface area (Å²) in [5.41, 5.74) is 1.00. The smallest absolute Gasteiger partial charge is 0.230 e. The Morgan fingerprint density at radius 2 is 2.26 bits per heavy atom. The summed E-state index contributed by atoms with van der Waals surface area (Å²) in [6, 6.07) is 9.45. The molecule has 2 aromatic rings. The zero-order valence-electron chi connectivity index (χ0n) is 17.5. The van der Waals surface area contributed by atoms with Crippen LogP contribution in [0, 0.1) is 11.8 Å². The fraction of sp³-hybridized carbons (Fsp3) is 0.391. The van der Waals surface area contributed by atoms with Crippen molar-refractivity contribution in [1.29, 1.82) is 0 Å². The van der Waals surface area contributed by atoms with Crippen LogP contribution in [0.5, 0.6) is 5.75 Å². The highest BCUT2D eigenvalue weighted by Gasteiger charge is 2.67. The fourth-order valence-corrected chi connectivity index (χ4v) is 4.97. The van der Waals surface area contributed by atoms with Gasteiger partial charge in [0.25, 0.3) is 0 Å². The van der Waals surface area contributed by atoms with Gasteiger partial charge in [-0.05, 0) is 23.8 Å². The largest absolute Gasteiger partial charge is 0.497 e. The zero-order valence-corrected chi connectivity index (χ0v) is 17.5. The molecule has 0 radical (unpaired) electrons. The molecule has 2 bridgehead atoms. The number of hydrogen-bond donors (Lipinski definition) is 0. The Balaban J connectivity index is 1.35. The van der Waals surface area contributed by atoms with Gasteiger partial charge in [0.05, 0.1) is 43.8 Å². The Labute approximate surface area is 180 Å². The summed E-state index contributed by atoms with van der Waals surface area (Å²) in [6.45, 7) is 1.25. The molecule has 1 spiro atoms. The van der Waals surface area contributed by atoms with Crippen molar-refractivity contribution in [3.8, 4) is 5.75 Å². The summed E-state index contributed by atoms with van der Waals surface area (Å²) in [6.07, 6.45) is 6.65. The molecule has 0 N–H and O–H groups in total. The minimum absolute atomic E-state index is 0.0385. The number of methoxy groups -OCH3 is 1. The quantitative estimate of drug-likeness (QED) is 0.658. The van der Waals surface area contributed by atoms with Crippen molar-refractivity contribution in [3.05, 3.63) is 66.3 Å². The van der Waals surface area contributed by atoms with E-state index in [1.54, 1.807) is 36.2 Å². The number of aromatic nitrogens is 2. The van der Waals surface area contributed by atoms with Crippen LogP contribution in [-0.2, 0) is 27.4 Å². The van der Waals surface area contributed by atoms with Crippen LogP contribution in [0.25, 0.3) is 0 Å². The second-order valence-electron chi connectivity index (χ2n) is 8.34. The van der Waals surface area contributed by atoms with Gasteiger partial charge in [0, 0.05) is 19.8 Å². The van der Waals surface area contributed by atoms with Crippen LogP contribution in [0.1, 0.15) is 11.3 Å². The van der Waals surface area contributed by atoms with Crippen molar-refractivity contribution in [1.82, 2.24) is 19.8 Å². The number of ether oxygens (including phenoxy) is 2. The number of fused-ring (bicyclic) bond motifs is 1. The average Bonchev–Trinajstić information content (AvgIpc) is 3.42. The summed E-state index contributed by atoms with van der Waals surface area (Å²) < 4.78 is 11.5. The van der Waals surface area contributed by atoms with Crippen LogP contribution in [0.3, 0.4) is 0 Å². The van der Waals surface area contributed by atoms with Crippen LogP contribution in [-0.4, -0.2) is 64.0 Å². The molecule has 2 unspecified atom stereocenters. The third kappa shape index (κ3) is 3.27. The molecule has 0 aliphatic carbocycles. The molecule has 4 atom stereocenters. The summed E-state index contributed by atoms with van der Waals surface area (Å²) in [4.78, 5) is 38.3. The molecule has 2 amide bonds. The monoisotopic (exact) mass is 420 g/mol. The number of benzene rings is 1. The minimum Gasteiger partial charge on any atom is -0.497 e. The van der Waals surface area contributed by atoms with Crippen LogP contribution in [0.2, 0.25) is 0 Å². The Kier molecular flexibility index (Phi) is 4.74. The predicted molar refractivity (Wildman–Crippen MR) is 111 cm³/mol. The van der Waals surface area contributed by atoms with Gasteiger partial charge in [-0.2, -0.15) is 0 Å². The van der Waals surface area contributed by atoms with E-state index in [0.29, 0.717) is 19.6 Å². The van der Waals surface area contributed by atoms with E-state index < -0.39 is 17.4 Å². The van der Waals surface area contributed by atoms with Gasteiger partial charge in [0.2, 0.25) is 11.8 Å². The van der Waals surface area contributed by atoms with E-state index in [4.69, 9.17) is 9.47 Å². The van der Waals surface area contributed by atoms with Gasteiger partial charge in [0.1, 0.15) is 17.7 Å². The zero-order chi connectivity index (χ0) is 21.6. The summed E-state index contributed by atoms with van der Waals surface area (Å²) in [5.74, 6) is -0.424. The molecule has 160 valence electrons. The number of rotatable bonds is 6. The molecule has 1 aromatic carbocycles. The Hall–Kier alpha value is -3.26. The highest BCUT2D eigenvalue weighted by Crippen LogP contribution is 2.52. The Morgan fingerprint density at radius 3 is 3.03 bits per heavy atom. The molecule has 0 saturated carbocycles. The molecule has 3 aliphatic heterocycles. The van der Waals surface area contributed by atoms with E-state index in [2.05, 4.69) is 9.97 Å². The second kappa shape index (κ2) is 7.46.